The van der Waals surface area contributed by atoms with Crippen LogP contribution in [0.1, 0.15) is 124 Å². The van der Waals surface area contributed by atoms with Crippen LogP contribution in [-0.2, 0) is 21.7 Å². The highest BCUT2D eigenvalue weighted by atomic mass is 15.3. The fourth-order valence-electron chi connectivity index (χ4n) is 14.0. The molecule has 0 amide bonds. The number of fused-ring (bicyclic) bond motifs is 7. The summed E-state index contributed by atoms with van der Waals surface area (Å²) in [6, 6.07) is 72.3. The normalized spacial score (nSPS) is 18.5. The monoisotopic (exact) mass is 1020 g/mol. The number of rotatable bonds is 6. The Labute approximate surface area is 464 Å². The lowest BCUT2D eigenvalue weighted by Gasteiger charge is -2.51. The maximum Gasteiger partial charge on any atom is 0.252 e. The number of anilines is 8. The average Bonchev–Trinajstić information content (AvgIpc) is 3.32. The van der Waals surface area contributed by atoms with Crippen LogP contribution in [0.15, 0.2) is 194 Å². The topological polar surface area (TPSA) is 22.6 Å². The van der Waals surface area contributed by atoms with E-state index in [2.05, 4.69) is 273 Å². The maximum atomic E-state index is 4.88. The van der Waals surface area contributed by atoms with Crippen LogP contribution in [0.5, 0.6) is 0 Å². The van der Waals surface area contributed by atoms with Gasteiger partial charge in [0.2, 0.25) is 0 Å². The molecule has 0 N–H and O–H groups in total. The van der Waals surface area contributed by atoms with Gasteiger partial charge in [-0.15, -0.1) is 0 Å². The lowest BCUT2D eigenvalue weighted by Crippen LogP contribution is -2.61. The van der Waals surface area contributed by atoms with Crippen LogP contribution in [0.25, 0.3) is 33.5 Å². The molecule has 388 valence electrons. The zero-order valence-corrected chi connectivity index (χ0v) is 47.7. The summed E-state index contributed by atoms with van der Waals surface area (Å²) in [5, 5.41) is 0. The van der Waals surface area contributed by atoms with Gasteiger partial charge in [-0.1, -0.05) is 197 Å². The summed E-state index contributed by atoms with van der Waals surface area (Å²) >= 11 is 0. The molecule has 8 aromatic carbocycles. The molecule has 1 saturated carbocycles. The average molecular weight is 1020 g/mol. The zero-order chi connectivity index (χ0) is 54.1. The first-order valence-corrected chi connectivity index (χ1v) is 28.6. The van der Waals surface area contributed by atoms with Gasteiger partial charge in [0.25, 0.3) is 6.71 Å². The second-order valence-electron chi connectivity index (χ2n) is 26.4. The summed E-state index contributed by atoms with van der Waals surface area (Å²) in [6.45, 7) is 26.2. The van der Waals surface area contributed by atoms with E-state index in [-0.39, 0.29) is 33.9 Å². The number of benzene rings is 8. The third-order valence-corrected chi connectivity index (χ3v) is 18.5. The highest BCUT2D eigenvalue weighted by Crippen LogP contribution is 2.62. The van der Waals surface area contributed by atoms with Gasteiger partial charge in [0, 0.05) is 62.4 Å². The number of nitrogens with zero attached hydrogens (tertiary/aromatic N) is 4. The van der Waals surface area contributed by atoms with E-state index >= 15 is 0 Å². The molecule has 0 radical (unpaired) electrons. The van der Waals surface area contributed by atoms with E-state index in [1.54, 1.807) is 0 Å². The fourth-order valence-corrected chi connectivity index (χ4v) is 14.0. The van der Waals surface area contributed by atoms with Gasteiger partial charge in [-0.2, -0.15) is 0 Å². The molecule has 9 aromatic rings. The molecule has 2 unspecified atom stereocenters. The molecule has 4 nitrogen and oxygen atoms in total. The summed E-state index contributed by atoms with van der Waals surface area (Å²) < 4.78 is 0. The number of para-hydroxylation sites is 1. The van der Waals surface area contributed by atoms with Crippen molar-refractivity contribution in [2.45, 2.75) is 129 Å². The first kappa shape index (κ1) is 49.9. The molecular formula is C73H73BN4. The van der Waals surface area contributed by atoms with Gasteiger partial charge < -0.3 is 14.7 Å². The van der Waals surface area contributed by atoms with Gasteiger partial charge in [0.15, 0.2) is 0 Å². The second-order valence-corrected chi connectivity index (χ2v) is 26.4. The van der Waals surface area contributed by atoms with Gasteiger partial charge in [-0.3, -0.25) is 4.98 Å². The van der Waals surface area contributed by atoms with Crippen LogP contribution in [0.3, 0.4) is 0 Å². The number of hydrogen-bond donors (Lipinski definition) is 0. The Bertz CT molecular complexity index is 3790. The molecule has 1 fully saturated rings. The summed E-state index contributed by atoms with van der Waals surface area (Å²) in [5.74, 6) is 0. The summed E-state index contributed by atoms with van der Waals surface area (Å²) in [7, 11) is 0. The molecule has 13 rings (SSSR count). The van der Waals surface area contributed by atoms with Crippen LogP contribution in [0.4, 0.5) is 45.5 Å². The van der Waals surface area contributed by atoms with E-state index in [0.29, 0.717) is 0 Å². The van der Waals surface area contributed by atoms with E-state index < -0.39 is 0 Å². The van der Waals surface area contributed by atoms with Crippen molar-refractivity contribution in [3.8, 4) is 33.5 Å². The molecular weight excluding hydrogens is 944 g/mol. The van der Waals surface area contributed by atoms with Crippen LogP contribution in [0, 0.1) is 0 Å². The number of aromatic nitrogens is 1. The molecule has 2 atom stereocenters. The Morgan fingerprint density at radius 1 is 0.423 bits per heavy atom. The molecule has 1 aromatic heterocycles. The maximum absolute atomic E-state index is 4.88. The lowest BCUT2D eigenvalue weighted by molar-refractivity contribution is 0.195. The van der Waals surface area contributed by atoms with E-state index in [1.165, 1.54) is 125 Å². The lowest BCUT2D eigenvalue weighted by atomic mass is 9.33. The quantitative estimate of drug-likeness (QED) is 0.155. The minimum Gasteiger partial charge on any atom is -0.334 e. The van der Waals surface area contributed by atoms with E-state index in [0.717, 1.165) is 18.5 Å². The van der Waals surface area contributed by atoms with Gasteiger partial charge in [-0.25, -0.2) is 0 Å². The second kappa shape index (κ2) is 18.0. The predicted molar refractivity (Wildman–Crippen MR) is 333 cm³/mol. The first-order valence-electron chi connectivity index (χ1n) is 28.6. The largest absolute Gasteiger partial charge is 0.334 e. The first-order chi connectivity index (χ1) is 37.3. The Hall–Kier alpha value is -7.63. The van der Waals surface area contributed by atoms with Crippen molar-refractivity contribution in [3.63, 3.8) is 0 Å². The molecule has 0 spiro atoms. The Morgan fingerprint density at radius 3 is 1.49 bits per heavy atom. The highest BCUT2D eigenvalue weighted by Gasteiger charge is 2.58. The Kier molecular flexibility index (Phi) is 11.5. The minimum absolute atomic E-state index is 0.0459. The molecule has 1 aliphatic carbocycles. The summed E-state index contributed by atoms with van der Waals surface area (Å²) in [5.41, 5.74) is 25.6. The Balaban J connectivity index is 1.17. The van der Waals surface area contributed by atoms with Crippen molar-refractivity contribution in [2.24, 2.45) is 0 Å². The molecule has 0 saturated heterocycles. The minimum atomic E-state index is -0.222. The van der Waals surface area contributed by atoms with Crippen LogP contribution < -0.4 is 31.1 Å². The van der Waals surface area contributed by atoms with E-state index in [1.807, 2.05) is 12.3 Å². The van der Waals surface area contributed by atoms with Crippen molar-refractivity contribution < 1.29 is 0 Å². The Morgan fingerprint density at radius 2 is 0.923 bits per heavy atom. The molecule has 0 bridgehead atoms. The third-order valence-electron chi connectivity index (χ3n) is 18.5. The van der Waals surface area contributed by atoms with E-state index in [4.69, 9.17) is 4.98 Å². The van der Waals surface area contributed by atoms with E-state index in [9.17, 15) is 0 Å². The van der Waals surface area contributed by atoms with Crippen LogP contribution >= 0.6 is 0 Å². The van der Waals surface area contributed by atoms with Crippen molar-refractivity contribution >= 4 is 68.6 Å². The van der Waals surface area contributed by atoms with Crippen molar-refractivity contribution in [3.05, 3.63) is 217 Å². The van der Waals surface area contributed by atoms with Crippen molar-refractivity contribution in [1.82, 2.24) is 4.98 Å². The molecule has 5 heteroatoms. The van der Waals surface area contributed by atoms with Gasteiger partial charge in [-0.05, 0) is 159 Å². The van der Waals surface area contributed by atoms with Crippen LogP contribution in [-0.4, -0.2) is 17.2 Å². The van der Waals surface area contributed by atoms with Crippen LogP contribution in [0.2, 0.25) is 0 Å². The highest BCUT2D eigenvalue weighted by molar-refractivity contribution is 7.00. The summed E-state index contributed by atoms with van der Waals surface area (Å²) in [6.07, 6.45) is 6.51. The summed E-state index contributed by atoms with van der Waals surface area (Å²) in [4.78, 5) is 13.0. The fraction of sp³-hybridized carbons (Fsp3) is 0.274. The number of hydrogen-bond acceptors (Lipinski definition) is 4. The van der Waals surface area contributed by atoms with Gasteiger partial charge in [0.05, 0.1) is 22.6 Å². The number of pyridine rings is 1. The predicted octanol–water partition coefficient (Wildman–Crippen LogP) is 17.8. The van der Waals surface area contributed by atoms with Crippen molar-refractivity contribution in [1.29, 1.82) is 0 Å². The molecule has 4 aliphatic rings. The van der Waals surface area contributed by atoms with Gasteiger partial charge in [0.1, 0.15) is 0 Å². The smallest absolute Gasteiger partial charge is 0.252 e. The standard InChI is InChI=1S/C73H73BN4/c1-69(2,3)51-32-36-61(55(43-51)48-24-14-12-15-25-48)76-64-30-19-18-28-58(64)74-59-45-53(71(7,8)9)34-38-65(59)77(62-37-33-52(70(4,5)6)44-56(62)49-26-16-13-17-27-49)67-47-54(46-66(76)68(67)74)78-63-35-31-50(60-29-20-23-41-75-60)42-57(63)72(10)39-21-22-40-73(72,78)11/h12-20,23-38,41-47H,21-22,39-40H2,1-11H3. The SMILES string of the molecule is CC(C)(C)c1ccc2c(c1)B1c3ccccc3N(c3ccc(C(C)(C)C)cc3-c3ccccc3)c3cc(N4c5ccc(-c6ccccn6)cc5C5(C)CCCCC45C)cc(c31)N2c1ccc(C(C)(C)C)cc1-c1ccccc1. The molecule has 78 heavy (non-hydrogen) atoms. The third kappa shape index (κ3) is 7.81. The van der Waals surface area contributed by atoms with Gasteiger partial charge >= 0.3 is 0 Å². The molecule has 4 heterocycles. The zero-order valence-electron chi connectivity index (χ0n) is 47.7. The van der Waals surface area contributed by atoms with Crippen molar-refractivity contribution in [2.75, 3.05) is 14.7 Å². The molecule has 3 aliphatic heterocycles.